The number of carbonyl (C=O) groups excluding carboxylic acids is 1. The molecule has 0 atom stereocenters. The average Bonchev–Trinajstić information content (AvgIpc) is 2.13. The van der Waals surface area contributed by atoms with Gasteiger partial charge in [0, 0.05) is 6.92 Å². The Hall–Kier alpha value is -0.570. The molecule has 1 fully saturated rings. The van der Waals surface area contributed by atoms with E-state index in [9.17, 15) is 4.79 Å². The zero-order valence-electron chi connectivity index (χ0n) is 7.23. The lowest BCUT2D eigenvalue weighted by Gasteiger charge is -1.91. The molecule has 0 radical (unpaired) electrons. The predicted octanol–water partition coefficient (Wildman–Crippen LogP) is 0.642. The van der Waals surface area contributed by atoms with E-state index in [-0.39, 0.29) is 5.91 Å². The SMILES string of the molecule is C1CCCNCC1.CC(N)=O. The van der Waals surface area contributed by atoms with Crippen LogP contribution in [0.15, 0.2) is 0 Å². The third kappa shape index (κ3) is 12.6. The minimum atomic E-state index is -0.333. The zero-order chi connectivity index (χ0) is 8.53. The van der Waals surface area contributed by atoms with Crippen LogP contribution in [-0.4, -0.2) is 19.0 Å². The first-order chi connectivity index (χ1) is 5.23. The van der Waals surface area contributed by atoms with Crippen molar-refractivity contribution in [1.82, 2.24) is 5.32 Å². The Morgan fingerprint density at radius 1 is 1.18 bits per heavy atom. The molecule has 1 saturated heterocycles. The molecular weight excluding hydrogens is 140 g/mol. The van der Waals surface area contributed by atoms with Crippen molar-refractivity contribution < 1.29 is 4.79 Å². The molecule has 11 heavy (non-hydrogen) atoms. The van der Waals surface area contributed by atoms with Crippen molar-refractivity contribution in [3.05, 3.63) is 0 Å². The summed E-state index contributed by atoms with van der Waals surface area (Å²) in [4.78, 5) is 9.22. The fraction of sp³-hybridized carbons (Fsp3) is 0.875. The molecule has 1 amide bonds. The van der Waals surface area contributed by atoms with E-state index in [4.69, 9.17) is 0 Å². The normalized spacial score (nSPS) is 17.5. The fourth-order valence-corrected chi connectivity index (χ4v) is 0.979. The van der Waals surface area contributed by atoms with Crippen LogP contribution >= 0.6 is 0 Å². The monoisotopic (exact) mass is 158 g/mol. The van der Waals surface area contributed by atoms with Crippen LogP contribution in [0.2, 0.25) is 0 Å². The first kappa shape index (κ1) is 10.4. The van der Waals surface area contributed by atoms with Gasteiger partial charge in [0.2, 0.25) is 5.91 Å². The smallest absolute Gasteiger partial charge is 0.214 e. The van der Waals surface area contributed by atoms with Crippen molar-refractivity contribution in [3.63, 3.8) is 0 Å². The van der Waals surface area contributed by atoms with E-state index in [1.807, 2.05) is 0 Å². The van der Waals surface area contributed by atoms with Gasteiger partial charge in [-0.25, -0.2) is 0 Å². The average molecular weight is 158 g/mol. The van der Waals surface area contributed by atoms with Crippen molar-refractivity contribution in [1.29, 1.82) is 0 Å². The minimum Gasteiger partial charge on any atom is -0.370 e. The molecule has 0 aliphatic carbocycles. The first-order valence-corrected chi connectivity index (χ1v) is 4.20. The third-order valence-corrected chi connectivity index (χ3v) is 1.46. The maximum Gasteiger partial charge on any atom is 0.214 e. The van der Waals surface area contributed by atoms with Crippen LogP contribution < -0.4 is 11.1 Å². The molecular formula is C8H18N2O. The number of hydrogen-bond acceptors (Lipinski definition) is 2. The lowest BCUT2D eigenvalue weighted by atomic mass is 10.2. The molecule has 66 valence electrons. The van der Waals surface area contributed by atoms with Gasteiger partial charge >= 0.3 is 0 Å². The third-order valence-electron chi connectivity index (χ3n) is 1.46. The molecule has 1 heterocycles. The second kappa shape index (κ2) is 7.54. The van der Waals surface area contributed by atoms with E-state index in [0.29, 0.717) is 0 Å². The molecule has 0 unspecified atom stereocenters. The number of amides is 1. The number of hydrogen-bond donors (Lipinski definition) is 2. The Morgan fingerprint density at radius 3 is 1.91 bits per heavy atom. The van der Waals surface area contributed by atoms with Crippen molar-refractivity contribution in [2.24, 2.45) is 5.73 Å². The molecule has 1 aliphatic heterocycles. The Labute approximate surface area is 68.3 Å². The largest absolute Gasteiger partial charge is 0.370 e. The highest BCUT2D eigenvalue weighted by Crippen LogP contribution is 2.00. The summed E-state index contributed by atoms with van der Waals surface area (Å²) in [6, 6.07) is 0. The van der Waals surface area contributed by atoms with Gasteiger partial charge in [-0.2, -0.15) is 0 Å². The number of nitrogens with one attached hydrogen (secondary N) is 1. The van der Waals surface area contributed by atoms with Crippen molar-refractivity contribution >= 4 is 5.91 Å². The molecule has 3 heteroatoms. The second-order valence-corrected chi connectivity index (χ2v) is 2.77. The van der Waals surface area contributed by atoms with Gasteiger partial charge < -0.3 is 11.1 Å². The van der Waals surface area contributed by atoms with Gasteiger partial charge in [-0.1, -0.05) is 12.8 Å². The van der Waals surface area contributed by atoms with Crippen LogP contribution in [0.5, 0.6) is 0 Å². The molecule has 1 rings (SSSR count). The minimum absolute atomic E-state index is 0.333. The van der Waals surface area contributed by atoms with Crippen LogP contribution in [0.25, 0.3) is 0 Å². The Balaban J connectivity index is 0.000000218. The summed E-state index contributed by atoms with van der Waals surface area (Å²) in [5.41, 5.74) is 4.47. The maximum atomic E-state index is 9.22. The number of rotatable bonds is 0. The molecule has 0 saturated carbocycles. The van der Waals surface area contributed by atoms with Gasteiger partial charge in [0.1, 0.15) is 0 Å². The standard InChI is InChI=1S/C6H13N.C2H5NO/c1-2-4-6-7-5-3-1;1-2(3)4/h7H,1-6H2;1H3,(H2,3,4). The molecule has 0 spiro atoms. The number of nitrogens with two attached hydrogens (primary N) is 1. The van der Waals surface area contributed by atoms with E-state index in [2.05, 4.69) is 11.1 Å². The number of carbonyl (C=O) groups is 1. The molecule has 0 aromatic carbocycles. The van der Waals surface area contributed by atoms with Crippen LogP contribution in [0.1, 0.15) is 32.6 Å². The highest BCUT2D eigenvalue weighted by Gasteiger charge is 1.94. The molecule has 0 aromatic heterocycles. The van der Waals surface area contributed by atoms with E-state index >= 15 is 0 Å². The van der Waals surface area contributed by atoms with E-state index in [1.165, 1.54) is 45.7 Å². The van der Waals surface area contributed by atoms with Gasteiger partial charge in [0.25, 0.3) is 0 Å². The van der Waals surface area contributed by atoms with Gasteiger partial charge in [0.05, 0.1) is 0 Å². The highest BCUT2D eigenvalue weighted by molar-refractivity contribution is 5.70. The molecule has 0 aromatic rings. The summed E-state index contributed by atoms with van der Waals surface area (Å²) in [7, 11) is 0. The Morgan fingerprint density at radius 2 is 1.55 bits per heavy atom. The molecule has 3 N–H and O–H groups in total. The van der Waals surface area contributed by atoms with Gasteiger partial charge in [-0.05, 0) is 25.9 Å². The topological polar surface area (TPSA) is 55.1 Å². The van der Waals surface area contributed by atoms with E-state index in [0.717, 1.165) is 0 Å². The quantitative estimate of drug-likeness (QED) is 0.543. The lowest BCUT2D eigenvalue weighted by molar-refractivity contribution is -0.115. The summed E-state index contributed by atoms with van der Waals surface area (Å²) < 4.78 is 0. The highest BCUT2D eigenvalue weighted by atomic mass is 16.1. The second-order valence-electron chi connectivity index (χ2n) is 2.77. The van der Waals surface area contributed by atoms with Crippen LogP contribution in [0.3, 0.4) is 0 Å². The maximum absolute atomic E-state index is 9.22. The summed E-state index contributed by atoms with van der Waals surface area (Å²) in [6.45, 7) is 3.81. The lowest BCUT2D eigenvalue weighted by Crippen LogP contribution is -2.12. The fourth-order valence-electron chi connectivity index (χ4n) is 0.979. The predicted molar refractivity (Wildman–Crippen MR) is 46.2 cm³/mol. The van der Waals surface area contributed by atoms with Crippen molar-refractivity contribution in [2.45, 2.75) is 32.6 Å². The van der Waals surface area contributed by atoms with Gasteiger partial charge in [0.15, 0.2) is 0 Å². The zero-order valence-corrected chi connectivity index (χ0v) is 7.23. The van der Waals surface area contributed by atoms with E-state index < -0.39 is 0 Å². The Bertz CT molecular complexity index is 80.6. The summed E-state index contributed by atoms with van der Waals surface area (Å²) in [5.74, 6) is -0.333. The summed E-state index contributed by atoms with van der Waals surface area (Å²) in [6.07, 6.45) is 5.65. The van der Waals surface area contributed by atoms with Gasteiger partial charge in [-0.3, -0.25) is 4.79 Å². The van der Waals surface area contributed by atoms with Crippen molar-refractivity contribution in [2.75, 3.05) is 13.1 Å². The van der Waals surface area contributed by atoms with Crippen LogP contribution in [0.4, 0.5) is 0 Å². The van der Waals surface area contributed by atoms with Crippen LogP contribution in [-0.2, 0) is 4.79 Å². The molecule has 3 nitrogen and oxygen atoms in total. The first-order valence-electron chi connectivity index (χ1n) is 4.20. The van der Waals surface area contributed by atoms with Crippen LogP contribution in [0, 0.1) is 0 Å². The Kier molecular flexibility index (Phi) is 7.15. The van der Waals surface area contributed by atoms with Crippen molar-refractivity contribution in [3.8, 4) is 0 Å². The molecule has 0 bridgehead atoms. The number of primary amides is 1. The van der Waals surface area contributed by atoms with Gasteiger partial charge in [-0.15, -0.1) is 0 Å². The summed E-state index contributed by atoms with van der Waals surface area (Å²) >= 11 is 0. The van der Waals surface area contributed by atoms with E-state index in [1.54, 1.807) is 0 Å². The summed E-state index contributed by atoms with van der Waals surface area (Å²) in [5, 5.41) is 3.35. The molecule has 1 aliphatic rings.